The molecule has 0 amide bonds. The number of aromatic hydroxyl groups is 1. The van der Waals surface area contributed by atoms with Gasteiger partial charge in [-0.15, -0.1) is 11.3 Å². The van der Waals surface area contributed by atoms with Gasteiger partial charge in [0.2, 0.25) is 10.0 Å². The van der Waals surface area contributed by atoms with Crippen LogP contribution in [-0.2, 0) is 20.0 Å². The highest BCUT2D eigenvalue weighted by atomic mass is 32.2. The van der Waals surface area contributed by atoms with Gasteiger partial charge in [0.15, 0.2) is 0 Å². The predicted molar refractivity (Wildman–Crippen MR) is 84.1 cm³/mol. The summed E-state index contributed by atoms with van der Waals surface area (Å²) in [4.78, 5) is -0.126. The van der Waals surface area contributed by atoms with Crippen molar-refractivity contribution in [3.63, 3.8) is 0 Å². The van der Waals surface area contributed by atoms with Crippen LogP contribution in [0.3, 0.4) is 0 Å². The van der Waals surface area contributed by atoms with E-state index in [9.17, 15) is 21.9 Å². The molecule has 1 aromatic heterocycles. The fourth-order valence-electron chi connectivity index (χ4n) is 1.58. The van der Waals surface area contributed by atoms with Gasteiger partial charge in [-0.2, -0.15) is 0 Å². The van der Waals surface area contributed by atoms with Gasteiger partial charge in [-0.05, 0) is 29.6 Å². The van der Waals surface area contributed by atoms with Crippen LogP contribution in [0.5, 0.6) is 5.75 Å². The molecule has 1 heterocycles. The number of nitrogens with one attached hydrogen (secondary N) is 1. The lowest BCUT2D eigenvalue weighted by atomic mass is 10.3. The van der Waals surface area contributed by atoms with Crippen LogP contribution in [0.15, 0.2) is 44.8 Å². The van der Waals surface area contributed by atoms with Gasteiger partial charge >= 0.3 is 0 Å². The largest absolute Gasteiger partial charge is 0.506 e. The van der Waals surface area contributed by atoms with Crippen LogP contribution in [0.2, 0.25) is 0 Å². The molecule has 0 unspecified atom stereocenters. The Morgan fingerprint density at radius 2 is 1.82 bits per heavy atom. The monoisotopic (exact) mass is 362 g/mol. The van der Waals surface area contributed by atoms with E-state index in [1.807, 2.05) is 0 Å². The smallest absolute Gasteiger partial charge is 0.271 e. The maximum absolute atomic E-state index is 12.1. The first-order valence-corrected chi connectivity index (χ1v) is 9.77. The van der Waals surface area contributed by atoms with Crippen LogP contribution in [0, 0.1) is 0 Å². The minimum atomic E-state index is -3.87. The van der Waals surface area contributed by atoms with Crippen molar-refractivity contribution in [2.75, 3.05) is 18.8 Å². The predicted octanol–water partition coefficient (Wildman–Crippen LogP) is 1.50. The summed E-state index contributed by atoms with van der Waals surface area (Å²) in [5.41, 5.74) is -0.198. The molecule has 0 fully saturated rings. The molecule has 2 aromatic rings. The molecule has 7 nitrogen and oxygen atoms in total. The first-order chi connectivity index (χ1) is 10.1. The van der Waals surface area contributed by atoms with Gasteiger partial charge < -0.3 is 5.11 Å². The van der Waals surface area contributed by atoms with Gasteiger partial charge in [0, 0.05) is 14.1 Å². The van der Waals surface area contributed by atoms with Crippen molar-refractivity contribution in [3.05, 3.63) is 35.7 Å². The number of benzene rings is 1. The van der Waals surface area contributed by atoms with Gasteiger partial charge in [0.25, 0.3) is 10.0 Å². The zero-order valence-corrected chi connectivity index (χ0v) is 14.2. The first kappa shape index (κ1) is 16.7. The van der Waals surface area contributed by atoms with E-state index in [2.05, 4.69) is 4.72 Å². The zero-order chi connectivity index (χ0) is 16.5. The van der Waals surface area contributed by atoms with E-state index in [0.717, 1.165) is 27.8 Å². The van der Waals surface area contributed by atoms with Crippen LogP contribution in [0.4, 0.5) is 5.69 Å². The number of thiophene rings is 1. The number of rotatable bonds is 5. The van der Waals surface area contributed by atoms with Crippen LogP contribution in [-0.4, -0.2) is 40.3 Å². The van der Waals surface area contributed by atoms with Crippen molar-refractivity contribution >= 4 is 37.1 Å². The van der Waals surface area contributed by atoms with Crippen LogP contribution in [0.25, 0.3) is 0 Å². The minimum Gasteiger partial charge on any atom is -0.506 e. The standard InChI is InChI=1S/C12H14N2O5S3/c1-14(2)22(18,19)9-5-6-11(15)10(8-9)13-21(16,17)12-4-3-7-20-12/h3-8,13,15H,1-2H3. The molecule has 0 saturated carbocycles. The summed E-state index contributed by atoms with van der Waals surface area (Å²) in [6.07, 6.45) is 0. The van der Waals surface area contributed by atoms with E-state index in [4.69, 9.17) is 0 Å². The normalized spacial score (nSPS) is 12.5. The van der Waals surface area contributed by atoms with Crippen LogP contribution < -0.4 is 4.72 Å². The number of anilines is 1. The number of hydrogen-bond acceptors (Lipinski definition) is 6. The van der Waals surface area contributed by atoms with E-state index >= 15 is 0 Å². The third kappa shape index (κ3) is 3.24. The Labute approximate surface area is 132 Å². The van der Waals surface area contributed by atoms with E-state index in [1.165, 1.54) is 26.2 Å². The van der Waals surface area contributed by atoms with Gasteiger partial charge in [0.05, 0.1) is 10.6 Å². The van der Waals surface area contributed by atoms with Gasteiger partial charge in [-0.1, -0.05) is 6.07 Å². The van der Waals surface area contributed by atoms with Gasteiger partial charge in [0.1, 0.15) is 9.96 Å². The summed E-state index contributed by atoms with van der Waals surface area (Å²) in [7, 11) is -4.89. The number of hydrogen-bond donors (Lipinski definition) is 2. The molecule has 10 heteroatoms. The highest BCUT2D eigenvalue weighted by molar-refractivity contribution is 7.94. The SMILES string of the molecule is CN(C)S(=O)(=O)c1ccc(O)c(NS(=O)(=O)c2cccs2)c1. The third-order valence-electron chi connectivity index (χ3n) is 2.75. The lowest BCUT2D eigenvalue weighted by Gasteiger charge is -2.14. The van der Waals surface area contributed by atoms with Crippen molar-refractivity contribution in [1.29, 1.82) is 0 Å². The molecule has 0 aliphatic heterocycles. The van der Waals surface area contributed by atoms with Crippen molar-refractivity contribution in [2.45, 2.75) is 9.10 Å². The third-order valence-corrected chi connectivity index (χ3v) is 7.32. The molecule has 2 N–H and O–H groups in total. The highest BCUT2D eigenvalue weighted by Gasteiger charge is 2.22. The molecule has 0 aliphatic rings. The molecular formula is C12H14N2O5S3. The molecule has 120 valence electrons. The molecule has 1 aromatic carbocycles. The highest BCUT2D eigenvalue weighted by Crippen LogP contribution is 2.30. The quantitative estimate of drug-likeness (QED) is 0.785. The lowest BCUT2D eigenvalue weighted by Crippen LogP contribution is -2.22. The summed E-state index contributed by atoms with van der Waals surface area (Å²) < 4.78 is 51.6. The topological polar surface area (TPSA) is 104 Å². The van der Waals surface area contributed by atoms with Gasteiger partial charge in [-0.3, -0.25) is 4.72 Å². The van der Waals surface area contributed by atoms with E-state index in [1.54, 1.807) is 11.4 Å². The Kier molecular flexibility index (Phi) is 4.47. The second-order valence-electron chi connectivity index (χ2n) is 4.50. The van der Waals surface area contributed by atoms with Gasteiger partial charge in [-0.25, -0.2) is 21.1 Å². The number of sulfonamides is 2. The van der Waals surface area contributed by atoms with Crippen molar-refractivity contribution in [2.24, 2.45) is 0 Å². The Morgan fingerprint density at radius 3 is 2.36 bits per heavy atom. The number of phenolic OH excluding ortho intramolecular Hbond substituents is 1. The van der Waals surface area contributed by atoms with Crippen molar-refractivity contribution in [3.8, 4) is 5.75 Å². The van der Waals surface area contributed by atoms with Crippen LogP contribution in [0.1, 0.15) is 0 Å². The zero-order valence-electron chi connectivity index (χ0n) is 11.7. The molecule has 0 radical (unpaired) electrons. The maximum atomic E-state index is 12.1. The number of phenols is 1. The average Bonchev–Trinajstić information content (AvgIpc) is 2.95. The summed E-state index contributed by atoms with van der Waals surface area (Å²) in [6.45, 7) is 0. The molecule has 0 saturated heterocycles. The molecule has 0 bridgehead atoms. The molecular weight excluding hydrogens is 348 g/mol. The number of nitrogens with zero attached hydrogens (tertiary/aromatic N) is 1. The van der Waals surface area contributed by atoms with Crippen molar-refractivity contribution in [1.82, 2.24) is 4.31 Å². The maximum Gasteiger partial charge on any atom is 0.271 e. The molecule has 0 aliphatic carbocycles. The average molecular weight is 362 g/mol. The van der Waals surface area contributed by atoms with Crippen molar-refractivity contribution < 1.29 is 21.9 Å². The molecule has 2 rings (SSSR count). The van der Waals surface area contributed by atoms with E-state index in [0.29, 0.717) is 0 Å². The fourth-order valence-corrected chi connectivity index (χ4v) is 4.57. The molecule has 22 heavy (non-hydrogen) atoms. The van der Waals surface area contributed by atoms with Crippen LogP contribution >= 0.6 is 11.3 Å². The second kappa shape index (κ2) is 5.88. The summed E-state index contributed by atoms with van der Waals surface area (Å²) in [5, 5.41) is 11.4. The Morgan fingerprint density at radius 1 is 1.14 bits per heavy atom. The first-order valence-electron chi connectivity index (χ1n) is 5.96. The fraction of sp³-hybridized carbons (Fsp3) is 0.167. The molecule has 0 spiro atoms. The summed E-state index contributed by atoms with van der Waals surface area (Å²) >= 11 is 1.01. The molecule has 0 atom stereocenters. The Hall–Kier alpha value is -1.62. The summed E-state index contributed by atoms with van der Waals surface area (Å²) in [5.74, 6) is -0.363. The Balaban J connectivity index is 2.45. The van der Waals surface area contributed by atoms with E-state index < -0.39 is 20.0 Å². The van der Waals surface area contributed by atoms with E-state index in [-0.39, 0.29) is 20.5 Å². The summed E-state index contributed by atoms with van der Waals surface area (Å²) in [6, 6.07) is 6.39. The lowest BCUT2D eigenvalue weighted by molar-refractivity contribution is 0.477. The minimum absolute atomic E-state index is 0.0627. The Bertz CT molecular complexity index is 871. The second-order valence-corrected chi connectivity index (χ2v) is 9.51.